The minimum atomic E-state index is -1.13. The molecule has 0 spiro atoms. The highest BCUT2D eigenvalue weighted by Gasteiger charge is 2.16. The maximum absolute atomic E-state index is 13.7. The Bertz CT molecular complexity index is 644. The Kier molecular flexibility index (Phi) is 3.93. The molecule has 0 bridgehead atoms. The number of carboxylic acid groups (broad SMARTS) is 1. The van der Waals surface area contributed by atoms with E-state index in [4.69, 9.17) is 5.11 Å². The number of halogens is 1. The van der Waals surface area contributed by atoms with Crippen molar-refractivity contribution in [1.82, 2.24) is 9.97 Å². The van der Waals surface area contributed by atoms with E-state index in [1.807, 2.05) is 13.8 Å². The number of hydrogen-bond donors (Lipinski definition) is 2. The van der Waals surface area contributed by atoms with Crippen molar-refractivity contribution in [2.24, 2.45) is 0 Å². The SMILES string of the molecule is CC(C)Nc1nc(-c2ccccc2F)ncc1C(=O)O. The van der Waals surface area contributed by atoms with Crippen molar-refractivity contribution < 1.29 is 14.3 Å². The summed E-state index contributed by atoms with van der Waals surface area (Å²) in [6, 6.07) is 6.08. The van der Waals surface area contributed by atoms with Crippen LogP contribution in [0.25, 0.3) is 11.4 Å². The Hall–Kier alpha value is -2.50. The molecule has 0 radical (unpaired) electrons. The fourth-order valence-electron chi connectivity index (χ4n) is 1.69. The Balaban J connectivity index is 2.52. The van der Waals surface area contributed by atoms with Crippen molar-refractivity contribution in [3.8, 4) is 11.4 Å². The number of benzene rings is 1. The number of aromatic carboxylic acids is 1. The summed E-state index contributed by atoms with van der Waals surface area (Å²) in [5.41, 5.74) is 0.190. The number of carboxylic acids is 1. The molecular formula is C14H14FN3O2. The number of anilines is 1. The second-order valence-corrected chi connectivity index (χ2v) is 4.54. The molecule has 2 rings (SSSR count). The summed E-state index contributed by atoms with van der Waals surface area (Å²) in [5.74, 6) is -1.25. The van der Waals surface area contributed by atoms with Crippen LogP contribution in [0.1, 0.15) is 24.2 Å². The van der Waals surface area contributed by atoms with Gasteiger partial charge in [-0.05, 0) is 26.0 Å². The third kappa shape index (κ3) is 2.90. The molecule has 104 valence electrons. The highest BCUT2D eigenvalue weighted by atomic mass is 19.1. The lowest BCUT2D eigenvalue weighted by Crippen LogP contribution is -2.16. The van der Waals surface area contributed by atoms with Gasteiger partial charge in [-0.1, -0.05) is 12.1 Å². The van der Waals surface area contributed by atoms with Gasteiger partial charge in [-0.25, -0.2) is 19.2 Å². The summed E-state index contributed by atoms with van der Waals surface area (Å²) in [4.78, 5) is 19.2. The summed E-state index contributed by atoms with van der Waals surface area (Å²) in [5, 5.41) is 12.0. The molecule has 0 aliphatic heterocycles. The average Bonchev–Trinajstić information content (AvgIpc) is 2.38. The molecule has 1 heterocycles. The van der Waals surface area contributed by atoms with Crippen LogP contribution in [-0.2, 0) is 0 Å². The molecule has 20 heavy (non-hydrogen) atoms. The van der Waals surface area contributed by atoms with E-state index in [1.165, 1.54) is 12.3 Å². The van der Waals surface area contributed by atoms with Gasteiger partial charge in [-0.2, -0.15) is 0 Å². The monoisotopic (exact) mass is 275 g/mol. The van der Waals surface area contributed by atoms with Crippen molar-refractivity contribution in [1.29, 1.82) is 0 Å². The lowest BCUT2D eigenvalue weighted by Gasteiger charge is -2.12. The van der Waals surface area contributed by atoms with Gasteiger partial charge in [0, 0.05) is 12.2 Å². The summed E-state index contributed by atoms with van der Waals surface area (Å²) < 4.78 is 13.7. The largest absolute Gasteiger partial charge is 0.477 e. The van der Waals surface area contributed by atoms with Gasteiger partial charge < -0.3 is 10.4 Å². The van der Waals surface area contributed by atoms with Crippen LogP contribution in [-0.4, -0.2) is 27.1 Å². The normalized spacial score (nSPS) is 10.6. The number of nitrogens with zero attached hydrogens (tertiary/aromatic N) is 2. The first-order valence-corrected chi connectivity index (χ1v) is 6.11. The maximum atomic E-state index is 13.7. The number of carbonyl (C=O) groups is 1. The molecule has 0 fully saturated rings. The predicted molar refractivity (Wildman–Crippen MR) is 73.1 cm³/mol. The van der Waals surface area contributed by atoms with Crippen LogP contribution in [0.15, 0.2) is 30.5 Å². The van der Waals surface area contributed by atoms with E-state index in [0.29, 0.717) is 0 Å². The van der Waals surface area contributed by atoms with Crippen LogP contribution < -0.4 is 5.32 Å². The molecule has 6 heteroatoms. The molecular weight excluding hydrogens is 261 g/mol. The van der Waals surface area contributed by atoms with Gasteiger partial charge in [0.1, 0.15) is 17.2 Å². The molecule has 2 aromatic rings. The number of rotatable bonds is 4. The zero-order chi connectivity index (χ0) is 14.7. The molecule has 0 saturated heterocycles. The number of nitrogens with one attached hydrogen (secondary N) is 1. The molecule has 0 aliphatic rings. The van der Waals surface area contributed by atoms with Crippen LogP contribution in [0.3, 0.4) is 0 Å². The third-order valence-electron chi connectivity index (χ3n) is 2.56. The standard InChI is InChI=1S/C14H14FN3O2/c1-8(2)17-13-10(14(19)20)7-16-12(18-13)9-5-3-4-6-11(9)15/h3-8H,1-2H3,(H,19,20)(H,16,17,18). The van der Waals surface area contributed by atoms with Crippen molar-refractivity contribution in [2.45, 2.75) is 19.9 Å². The highest BCUT2D eigenvalue weighted by molar-refractivity contribution is 5.93. The first-order chi connectivity index (χ1) is 9.49. The molecule has 0 saturated carbocycles. The van der Waals surface area contributed by atoms with Crippen LogP contribution in [0, 0.1) is 5.82 Å². The summed E-state index contributed by atoms with van der Waals surface area (Å²) in [7, 11) is 0. The van der Waals surface area contributed by atoms with E-state index in [2.05, 4.69) is 15.3 Å². The number of aromatic nitrogens is 2. The second kappa shape index (κ2) is 5.64. The van der Waals surface area contributed by atoms with E-state index in [1.54, 1.807) is 18.2 Å². The first-order valence-electron chi connectivity index (χ1n) is 6.11. The molecule has 2 N–H and O–H groups in total. The smallest absolute Gasteiger partial charge is 0.341 e. The topological polar surface area (TPSA) is 75.1 Å². The minimum Gasteiger partial charge on any atom is -0.477 e. The van der Waals surface area contributed by atoms with Gasteiger partial charge >= 0.3 is 5.97 Å². The Morgan fingerprint density at radius 2 is 2.05 bits per heavy atom. The molecule has 5 nitrogen and oxygen atoms in total. The first kappa shape index (κ1) is 13.9. The summed E-state index contributed by atoms with van der Waals surface area (Å²) in [6.07, 6.45) is 1.18. The number of hydrogen-bond acceptors (Lipinski definition) is 4. The molecule has 0 aliphatic carbocycles. The fraction of sp³-hybridized carbons (Fsp3) is 0.214. The third-order valence-corrected chi connectivity index (χ3v) is 2.56. The fourth-order valence-corrected chi connectivity index (χ4v) is 1.69. The molecule has 1 aromatic heterocycles. The molecule has 1 aromatic carbocycles. The Morgan fingerprint density at radius 1 is 1.35 bits per heavy atom. The molecule has 0 unspecified atom stereocenters. The highest BCUT2D eigenvalue weighted by Crippen LogP contribution is 2.22. The van der Waals surface area contributed by atoms with Gasteiger partial charge in [-0.15, -0.1) is 0 Å². The van der Waals surface area contributed by atoms with Crippen LogP contribution >= 0.6 is 0 Å². The van der Waals surface area contributed by atoms with E-state index in [9.17, 15) is 9.18 Å². The Labute approximate surface area is 115 Å². The summed E-state index contributed by atoms with van der Waals surface area (Å²) in [6.45, 7) is 3.72. The Morgan fingerprint density at radius 3 is 2.65 bits per heavy atom. The van der Waals surface area contributed by atoms with Gasteiger partial charge in [0.05, 0.1) is 5.56 Å². The van der Waals surface area contributed by atoms with Crippen molar-refractivity contribution in [2.75, 3.05) is 5.32 Å². The minimum absolute atomic E-state index is 0.00327. The van der Waals surface area contributed by atoms with Gasteiger partial charge in [-0.3, -0.25) is 0 Å². The van der Waals surface area contributed by atoms with Crippen LogP contribution in [0.4, 0.5) is 10.2 Å². The second-order valence-electron chi connectivity index (χ2n) is 4.54. The van der Waals surface area contributed by atoms with Gasteiger partial charge in [0.15, 0.2) is 5.82 Å². The van der Waals surface area contributed by atoms with E-state index < -0.39 is 11.8 Å². The van der Waals surface area contributed by atoms with Crippen molar-refractivity contribution >= 4 is 11.8 Å². The van der Waals surface area contributed by atoms with Crippen LogP contribution in [0.5, 0.6) is 0 Å². The van der Waals surface area contributed by atoms with Gasteiger partial charge in [0.2, 0.25) is 0 Å². The van der Waals surface area contributed by atoms with Gasteiger partial charge in [0.25, 0.3) is 0 Å². The van der Waals surface area contributed by atoms with E-state index in [-0.39, 0.29) is 28.8 Å². The zero-order valence-corrected chi connectivity index (χ0v) is 11.1. The van der Waals surface area contributed by atoms with Crippen molar-refractivity contribution in [3.63, 3.8) is 0 Å². The van der Waals surface area contributed by atoms with Crippen LogP contribution in [0.2, 0.25) is 0 Å². The summed E-state index contributed by atoms with van der Waals surface area (Å²) >= 11 is 0. The lowest BCUT2D eigenvalue weighted by molar-refractivity contribution is 0.0697. The van der Waals surface area contributed by atoms with Crippen molar-refractivity contribution in [3.05, 3.63) is 41.8 Å². The maximum Gasteiger partial charge on any atom is 0.341 e. The average molecular weight is 275 g/mol. The lowest BCUT2D eigenvalue weighted by atomic mass is 10.2. The predicted octanol–water partition coefficient (Wildman–Crippen LogP) is 2.80. The zero-order valence-electron chi connectivity index (χ0n) is 11.1. The molecule has 0 amide bonds. The van der Waals surface area contributed by atoms with E-state index in [0.717, 1.165) is 0 Å². The molecule has 0 atom stereocenters. The van der Waals surface area contributed by atoms with E-state index >= 15 is 0 Å². The quantitative estimate of drug-likeness (QED) is 0.897.